The van der Waals surface area contributed by atoms with Crippen LogP contribution in [0.15, 0.2) is 88.7 Å². The van der Waals surface area contributed by atoms with Crippen LogP contribution >= 0.6 is 0 Å². The predicted molar refractivity (Wildman–Crippen MR) is 120 cm³/mol. The number of sulfonamides is 2. The van der Waals surface area contributed by atoms with Crippen molar-refractivity contribution >= 4 is 31.9 Å². The first-order valence-corrected chi connectivity index (χ1v) is 12.5. The molecule has 0 aliphatic carbocycles. The first-order valence-electron chi connectivity index (χ1n) is 9.43. The molecule has 0 aliphatic rings. The number of hydrogen-bond acceptors (Lipinski definition) is 6. The minimum Gasteiger partial charge on any atom is -0.267 e. The van der Waals surface area contributed by atoms with Crippen molar-refractivity contribution in [2.75, 3.05) is 0 Å². The molecule has 0 fully saturated rings. The van der Waals surface area contributed by atoms with Crippen LogP contribution in [0.2, 0.25) is 0 Å². The van der Waals surface area contributed by atoms with Crippen molar-refractivity contribution in [2.24, 2.45) is 5.14 Å². The molecule has 0 aliphatic heterocycles. The molecule has 10 nitrogen and oxygen atoms in total. The molecule has 0 aromatic heterocycles. The molecule has 0 atom stereocenters. The Bertz CT molecular complexity index is 1370. The summed E-state index contributed by atoms with van der Waals surface area (Å²) in [6.45, 7) is 0.0832. The van der Waals surface area contributed by atoms with E-state index < -0.39 is 31.9 Å². The second-order valence-corrected chi connectivity index (χ2v) is 10.1. The van der Waals surface area contributed by atoms with Gasteiger partial charge in [-0.15, -0.1) is 0 Å². The molecule has 5 N–H and O–H groups in total. The Morgan fingerprint density at radius 3 is 1.91 bits per heavy atom. The van der Waals surface area contributed by atoms with Crippen molar-refractivity contribution in [3.63, 3.8) is 0 Å². The van der Waals surface area contributed by atoms with Crippen molar-refractivity contribution in [3.8, 4) is 0 Å². The highest BCUT2D eigenvalue weighted by molar-refractivity contribution is 7.89. The lowest BCUT2D eigenvalue weighted by molar-refractivity contribution is 0.0846. The van der Waals surface area contributed by atoms with Gasteiger partial charge in [-0.25, -0.2) is 26.7 Å². The third-order valence-electron chi connectivity index (χ3n) is 4.45. The van der Waals surface area contributed by atoms with Crippen molar-refractivity contribution in [1.82, 2.24) is 15.6 Å². The van der Waals surface area contributed by atoms with Gasteiger partial charge < -0.3 is 0 Å². The fourth-order valence-electron chi connectivity index (χ4n) is 2.72. The Morgan fingerprint density at radius 2 is 1.30 bits per heavy atom. The van der Waals surface area contributed by atoms with Crippen LogP contribution in [-0.2, 0) is 26.6 Å². The zero-order valence-corrected chi connectivity index (χ0v) is 18.7. The van der Waals surface area contributed by atoms with E-state index >= 15 is 0 Å². The number of carbonyl (C=O) groups excluding carboxylic acids is 2. The van der Waals surface area contributed by atoms with Gasteiger partial charge in [0.15, 0.2) is 0 Å². The van der Waals surface area contributed by atoms with Gasteiger partial charge in [0.05, 0.1) is 9.79 Å². The molecule has 172 valence electrons. The Labute approximate surface area is 190 Å². The SMILES string of the molecule is NS(=O)(=O)c1ccc(C(=O)NNC(=O)c2cccc(S(=O)(=O)NCc3ccccc3)c2)cc1. The molecule has 0 unspecified atom stereocenters. The van der Waals surface area contributed by atoms with Crippen molar-refractivity contribution in [3.05, 3.63) is 95.6 Å². The fourth-order valence-corrected chi connectivity index (χ4v) is 4.29. The molecule has 3 rings (SSSR count). The molecule has 0 radical (unpaired) electrons. The van der Waals surface area contributed by atoms with Gasteiger partial charge in [0, 0.05) is 17.7 Å². The number of carbonyl (C=O) groups is 2. The van der Waals surface area contributed by atoms with E-state index in [2.05, 4.69) is 15.6 Å². The Kier molecular flexibility index (Phi) is 7.23. The quantitative estimate of drug-likeness (QED) is 0.361. The summed E-state index contributed by atoms with van der Waals surface area (Å²) in [7, 11) is -7.78. The molecule has 33 heavy (non-hydrogen) atoms. The van der Waals surface area contributed by atoms with Gasteiger partial charge in [-0.05, 0) is 48.0 Å². The molecule has 0 bridgehead atoms. The van der Waals surface area contributed by atoms with Crippen LogP contribution in [0.4, 0.5) is 0 Å². The number of rotatable bonds is 7. The number of hydrazine groups is 1. The van der Waals surface area contributed by atoms with Gasteiger partial charge in [0.25, 0.3) is 11.8 Å². The highest BCUT2D eigenvalue weighted by atomic mass is 32.2. The maximum absolute atomic E-state index is 12.6. The average molecular weight is 489 g/mol. The highest BCUT2D eigenvalue weighted by Crippen LogP contribution is 2.13. The lowest BCUT2D eigenvalue weighted by Crippen LogP contribution is -2.41. The minimum atomic E-state index is -3.90. The lowest BCUT2D eigenvalue weighted by atomic mass is 10.2. The maximum atomic E-state index is 12.6. The van der Waals surface area contributed by atoms with Crippen molar-refractivity contribution in [1.29, 1.82) is 0 Å². The third-order valence-corrected chi connectivity index (χ3v) is 6.78. The van der Waals surface area contributed by atoms with E-state index in [-0.39, 0.29) is 27.5 Å². The second kappa shape index (κ2) is 9.92. The number of hydrogen-bond donors (Lipinski definition) is 4. The molecule has 0 saturated carbocycles. The average Bonchev–Trinajstić information content (AvgIpc) is 2.81. The smallest absolute Gasteiger partial charge is 0.267 e. The van der Waals surface area contributed by atoms with Crippen molar-refractivity contribution in [2.45, 2.75) is 16.3 Å². The molecule has 3 aromatic rings. The second-order valence-electron chi connectivity index (χ2n) is 6.82. The Hall–Kier alpha value is -3.58. The van der Waals surface area contributed by atoms with Crippen LogP contribution in [0, 0.1) is 0 Å². The number of benzene rings is 3. The Morgan fingerprint density at radius 1 is 0.697 bits per heavy atom. The molecule has 0 saturated heterocycles. The van der Waals surface area contributed by atoms with Gasteiger partial charge in [0.2, 0.25) is 20.0 Å². The number of primary sulfonamides is 1. The maximum Gasteiger partial charge on any atom is 0.269 e. The molecular formula is C21H20N4O6S2. The third kappa shape index (κ3) is 6.46. The van der Waals surface area contributed by atoms with E-state index in [1.165, 1.54) is 36.4 Å². The predicted octanol–water partition coefficient (Wildman–Crippen LogP) is 0.887. The standard InChI is InChI=1S/C21H20N4O6S2/c22-32(28,29)18-11-9-16(10-12-18)20(26)24-25-21(27)17-7-4-8-19(13-17)33(30,31)23-14-15-5-2-1-3-6-15/h1-13,23H,14H2,(H,24,26)(H,25,27)(H2,22,28,29). The molecular weight excluding hydrogens is 468 g/mol. The normalized spacial score (nSPS) is 11.5. The van der Waals surface area contributed by atoms with Crippen LogP contribution in [0.5, 0.6) is 0 Å². The molecule has 3 aromatic carbocycles. The lowest BCUT2D eigenvalue weighted by Gasteiger charge is -2.10. The van der Waals surface area contributed by atoms with Gasteiger partial charge in [-0.3, -0.25) is 20.4 Å². The van der Waals surface area contributed by atoms with Gasteiger partial charge >= 0.3 is 0 Å². The van der Waals surface area contributed by atoms with E-state index in [4.69, 9.17) is 5.14 Å². The first-order chi connectivity index (χ1) is 15.6. The Balaban J connectivity index is 1.63. The largest absolute Gasteiger partial charge is 0.269 e. The summed E-state index contributed by atoms with van der Waals surface area (Å²) in [5.74, 6) is -1.46. The summed E-state index contributed by atoms with van der Waals surface area (Å²) in [6.07, 6.45) is 0. The molecule has 0 spiro atoms. The van der Waals surface area contributed by atoms with Gasteiger partial charge in [-0.2, -0.15) is 0 Å². The summed E-state index contributed by atoms with van der Waals surface area (Å²) in [4.78, 5) is 24.3. The number of nitrogens with one attached hydrogen (secondary N) is 3. The number of amides is 2. The summed E-state index contributed by atoms with van der Waals surface area (Å²) < 4.78 is 50.1. The van der Waals surface area contributed by atoms with Crippen LogP contribution in [-0.4, -0.2) is 28.6 Å². The molecule has 2 amide bonds. The van der Waals surface area contributed by atoms with Crippen molar-refractivity contribution < 1.29 is 26.4 Å². The zero-order valence-electron chi connectivity index (χ0n) is 17.1. The van der Waals surface area contributed by atoms with Crippen LogP contribution in [0.3, 0.4) is 0 Å². The summed E-state index contributed by atoms with van der Waals surface area (Å²) in [6, 6.07) is 19.0. The van der Waals surface area contributed by atoms with E-state index in [1.54, 1.807) is 24.3 Å². The zero-order chi connectivity index (χ0) is 24.1. The number of nitrogens with two attached hydrogens (primary N) is 1. The first kappa shape index (κ1) is 24.1. The van der Waals surface area contributed by atoms with E-state index in [0.717, 1.165) is 17.7 Å². The topological polar surface area (TPSA) is 165 Å². The fraction of sp³-hybridized carbons (Fsp3) is 0.0476. The van der Waals surface area contributed by atoms with E-state index in [9.17, 15) is 26.4 Å². The highest BCUT2D eigenvalue weighted by Gasteiger charge is 2.17. The summed E-state index contributed by atoms with van der Waals surface area (Å²) in [5.41, 5.74) is 5.21. The molecule has 12 heteroatoms. The minimum absolute atomic E-state index is 0.00228. The summed E-state index contributed by atoms with van der Waals surface area (Å²) in [5, 5.41) is 5.00. The van der Waals surface area contributed by atoms with Gasteiger partial charge in [-0.1, -0.05) is 36.4 Å². The van der Waals surface area contributed by atoms with Crippen LogP contribution in [0.25, 0.3) is 0 Å². The molecule has 0 heterocycles. The van der Waals surface area contributed by atoms with Crippen LogP contribution in [0.1, 0.15) is 26.3 Å². The van der Waals surface area contributed by atoms with E-state index in [0.29, 0.717) is 0 Å². The van der Waals surface area contributed by atoms with Gasteiger partial charge in [0.1, 0.15) is 0 Å². The van der Waals surface area contributed by atoms with E-state index in [1.807, 2.05) is 6.07 Å². The van der Waals surface area contributed by atoms with Crippen LogP contribution < -0.4 is 20.7 Å². The monoisotopic (exact) mass is 488 g/mol. The summed E-state index contributed by atoms with van der Waals surface area (Å²) >= 11 is 0.